The van der Waals surface area contributed by atoms with E-state index in [4.69, 9.17) is 5.73 Å². The first kappa shape index (κ1) is 15.1. The number of thiocarbonyl (C=S) groups is 1. The molecule has 0 aliphatic heterocycles. The SMILES string of the molecule is NCCNCCNNC([O-])=S.[Na+]. The molecule has 0 heterocycles. The Balaban J connectivity index is 0. The quantitative estimate of drug-likeness (QED) is 0.148. The van der Waals surface area contributed by atoms with Crippen molar-refractivity contribution in [3.05, 3.63) is 0 Å². The molecular formula is C5H13N4NaOS. The number of hydrogen-bond donors (Lipinski definition) is 4. The molecule has 0 saturated heterocycles. The minimum atomic E-state index is -0.496. The molecule has 0 spiro atoms. The van der Waals surface area contributed by atoms with Crippen LogP contribution in [0.1, 0.15) is 0 Å². The van der Waals surface area contributed by atoms with Crippen LogP contribution in [-0.2, 0) is 0 Å². The van der Waals surface area contributed by atoms with Crippen LogP contribution >= 0.6 is 12.2 Å². The third kappa shape index (κ3) is 13.2. The molecule has 12 heavy (non-hydrogen) atoms. The van der Waals surface area contributed by atoms with Crippen LogP contribution in [-0.4, -0.2) is 31.4 Å². The molecule has 0 radical (unpaired) electrons. The molecule has 0 unspecified atom stereocenters. The van der Waals surface area contributed by atoms with E-state index in [1.165, 1.54) is 0 Å². The van der Waals surface area contributed by atoms with Crippen LogP contribution in [0.25, 0.3) is 0 Å². The van der Waals surface area contributed by atoms with E-state index in [2.05, 4.69) is 28.4 Å². The molecule has 7 heteroatoms. The maximum atomic E-state index is 10.1. The molecule has 0 aromatic rings. The average molecular weight is 200 g/mol. The molecule has 5 nitrogen and oxygen atoms in total. The Morgan fingerprint density at radius 3 is 2.50 bits per heavy atom. The summed E-state index contributed by atoms with van der Waals surface area (Å²) in [4.78, 5) is 0. The van der Waals surface area contributed by atoms with Gasteiger partial charge >= 0.3 is 29.6 Å². The zero-order chi connectivity index (χ0) is 8.53. The smallest absolute Gasteiger partial charge is 0.851 e. The number of hydrogen-bond acceptors (Lipinski definition) is 5. The van der Waals surface area contributed by atoms with Gasteiger partial charge in [-0.25, -0.2) is 5.43 Å². The van der Waals surface area contributed by atoms with E-state index in [1.54, 1.807) is 0 Å². The zero-order valence-electron chi connectivity index (χ0n) is 7.22. The van der Waals surface area contributed by atoms with Gasteiger partial charge in [-0.15, -0.1) is 0 Å². The van der Waals surface area contributed by atoms with Gasteiger partial charge < -0.3 is 21.6 Å². The van der Waals surface area contributed by atoms with Crippen molar-refractivity contribution in [1.29, 1.82) is 0 Å². The standard InChI is InChI=1S/C5H14N4OS.Na/c6-1-2-7-3-4-8-9-5(10)11;/h7-8H,1-4,6H2,(H2,9,10,11);/q;+1/p-1. The van der Waals surface area contributed by atoms with Gasteiger partial charge in [-0.3, -0.25) is 0 Å². The summed E-state index contributed by atoms with van der Waals surface area (Å²) in [6.45, 7) is 2.80. The summed E-state index contributed by atoms with van der Waals surface area (Å²) >= 11 is 4.23. The van der Waals surface area contributed by atoms with Gasteiger partial charge in [0.25, 0.3) is 0 Å². The normalized spacial score (nSPS) is 8.75. The van der Waals surface area contributed by atoms with E-state index in [0.717, 1.165) is 13.1 Å². The molecule has 66 valence electrons. The summed E-state index contributed by atoms with van der Waals surface area (Å²) < 4.78 is 0. The molecule has 0 aromatic heterocycles. The van der Waals surface area contributed by atoms with Crippen molar-refractivity contribution in [3.8, 4) is 0 Å². The van der Waals surface area contributed by atoms with Gasteiger partial charge in [0.2, 0.25) is 0 Å². The third-order valence-electron chi connectivity index (χ3n) is 0.938. The van der Waals surface area contributed by atoms with Gasteiger partial charge in [0, 0.05) is 31.4 Å². The van der Waals surface area contributed by atoms with Crippen LogP contribution in [0.15, 0.2) is 0 Å². The van der Waals surface area contributed by atoms with E-state index in [0.29, 0.717) is 13.1 Å². The first-order valence-electron chi connectivity index (χ1n) is 3.38. The Morgan fingerprint density at radius 2 is 2.00 bits per heavy atom. The number of nitrogens with one attached hydrogen (secondary N) is 3. The fraction of sp³-hybridized carbons (Fsp3) is 0.800. The second-order valence-electron chi connectivity index (χ2n) is 1.88. The van der Waals surface area contributed by atoms with Gasteiger partial charge in [-0.05, 0) is 0 Å². The molecule has 0 aliphatic carbocycles. The minimum absolute atomic E-state index is 0. The summed E-state index contributed by atoms with van der Waals surface area (Å²) in [6, 6.07) is 0. The number of hydrazine groups is 1. The molecule has 0 atom stereocenters. The van der Waals surface area contributed by atoms with Gasteiger partial charge in [0.15, 0.2) is 0 Å². The topological polar surface area (TPSA) is 85.2 Å². The Bertz CT molecular complexity index is 116. The average Bonchev–Trinajstić information content (AvgIpc) is 1.96. The zero-order valence-corrected chi connectivity index (χ0v) is 10.0. The van der Waals surface area contributed by atoms with E-state index in [1.807, 2.05) is 0 Å². The Hall–Kier alpha value is 0.570. The Labute approximate surface area is 99.7 Å². The van der Waals surface area contributed by atoms with Crippen LogP contribution in [0.3, 0.4) is 0 Å². The van der Waals surface area contributed by atoms with Crippen molar-refractivity contribution in [2.45, 2.75) is 0 Å². The largest absolute Gasteiger partial charge is 1.00 e. The summed E-state index contributed by atoms with van der Waals surface area (Å²) in [5, 5.41) is 12.7. The summed E-state index contributed by atoms with van der Waals surface area (Å²) in [5.74, 6) is 0. The minimum Gasteiger partial charge on any atom is -0.851 e. The van der Waals surface area contributed by atoms with Crippen LogP contribution in [0.2, 0.25) is 0 Å². The fourth-order valence-electron chi connectivity index (χ4n) is 0.513. The van der Waals surface area contributed by atoms with Crippen molar-refractivity contribution < 1.29 is 34.7 Å². The first-order valence-corrected chi connectivity index (χ1v) is 3.79. The van der Waals surface area contributed by atoms with Crippen molar-refractivity contribution in [2.24, 2.45) is 5.73 Å². The van der Waals surface area contributed by atoms with Crippen LogP contribution in [0.4, 0.5) is 0 Å². The third-order valence-corrected chi connectivity index (χ3v) is 1.04. The Kier molecular flexibility index (Phi) is 14.5. The molecule has 0 aliphatic rings. The molecule has 0 amide bonds. The van der Waals surface area contributed by atoms with Gasteiger partial charge in [-0.2, -0.15) is 0 Å². The van der Waals surface area contributed by atoms with Crippen molar-refractivity contribution in [2.75, 3.05) is 26.2 Å². The molecule has 5 N–H and O–H groups in total. The number of nitrogens with two attached hydrogens (primary N) is 1. The predicted molar refractivity (Wildman–Crippen MR) is 45.7 cm³/mol. The van der Waals surface area contributed by atoms with E-state index < -0.39 is 5.17 Å². The maximum absolute atomic E-state index is 10.1. The first-order chi connectivity index (χ1) is 5.27. The predicted octanol–water partition coefficient (Wildman–Crippen LogP) is -5.72. The van der Waals surface area contributed by atoms with E-state index in [9.17, 15) is 5.11 Å². The molecule has 0 fully saturated rings. The van der Waals surface area contributed by atoms with Crippen LogP contribution < -0.4 is 56.6 Å². The van der Waals surface area contributed by atoms with Gasteiger partial charge in [-0.1, -0.05) is 12.2 Å². The molecule has 0 bridgehead atoms. The summed E-state index contributed by atoms with van der Waals surface area (Å²) in [6.07, 6.45) is 0. The van der Waals surface area contributed by atoms with Crippen LogP contribution in [0.5, 0.6) is 0 Å². The van der Waals surface area contributed by atoms with Gasteiger partial charge in [0.1, 0.15) is 0 Å². The van der Waals surface area contributed by atoms with Crippen molar-refractivity contribution >= 4 is 17.4 Å². The monoisotopic (exact) mass is 200 g/mol. The summed E-state index contributed by atoms with van der Waals surface area (Å²) in [7, 11) is 0. The van der Waals surface area contributed by atoms with E-state index in [-0.39, 0.29) is 29.6 Å². The Morgan fingerprint density at radius 1 is 1.33 bits per heavy atom. The fourth-order valence-corrected chi connectivity index (χ4v) is 0.585. The number of rotatable bonds is 6. The molecule has 0 aromatic carbocycles. The van der Waals surface area contributed by atoms with E-state index >= 15 is 0 Å². The van der Waals surface area contributed by atoms with Crippen LogP contribution in [0, 0.1) is 0 Å². The molecular weight excluding hydrogens is 187 g/mol. The van der Waals surface area contributed by atoms with Gasteiger partial charge in [0.05, 0.1) is 0 Å². The molecule has 0 saturated carbocycles. The van der Waals surface area contributed by atoms with Crippen molar-refractivity contribution in [3.63, 3.8) is 0 Å². The second-order valence-corrected chi connectivity index (χ2v) is 2.25. The summed E-state index contributed by atoms with van der Waals surface area (Å²) in [5.41, 5.74) is 10.1. The second kappa shape index (κ2) is 11.6. The maximum Gasteiger partial charge on any atom is 1.00 e. The molecule has 0 rings (SSSR count). The van der Waals surface area contributed by atoms with Crippen molar-refractivity contribution in [1.82, 2.24) is 16.2 Å².